The number of halogens is 2. The van der Waals surface area contributed by atoms with Crippen LogP contribution in [0.1, 0.15) is 21.5 Å². The minimum absolute atomic E-state index is 0.164. The molecule has 3 aromatic carbocycles. The predicted octanol–water partition coefficient (Wildman–Crippen LogP) is 5.95. The molecule has 36 heavy (non-hydrogen) atoms. The van der Waals surface area contributed by atoms with E-state index >= 15 is 0 Å². The van der Waals surface area contributed by atoms with Gasteiger partial charge in [-0.2, -0.15) is 0 Å². The molecular weight excluding hydrogens is 598 g/mol. The molecule has 0 spiro atoms. The van der Waals surface area contributed by atoms with Crippen molar-refractivity contribution >= 4 is 63.2 Å². The number of amidine groups is 1. The second-order valence-electron chi connectivity index (χ2n) is 7.67. The maximum Gasteiger partial charge on any atom is 0.335 e. The molecule has 7 nitrogen and oxygen atoms in total. The molecule has 0 saturated carbocycles. The first-order valence-corrected chi connectivity index (χ1v) is 12.5. The summed E-state index contributed by atoms with van der Waals surface area (Å²) in [5.41, 5.74) is 2.28. The molecule has 1 aliphatic heterocycles. The number of hydrogen-bond donors (Lipinski definition) is 1. The van der Waals surface area contributed by atoms with Gasteiger partial charge < -0.3 is 14.6 Å². The molecule has 1 heterocycles. The Balaban J connectivity index is 1.55. The van der Waals surface area contributed by atoms with E-state index in [4.69, 9.17) is 14.6 Å². The molecule has 0 aromatic heterocycles. The first-order valence-electron chi connectivity index (χ1n) is 10.6. The highest BCUT2D eigenvalue weighted by Crippen LogP contribution is 2.38. The third-order valence-electron chi connectivity index (χ3n) is 5.19. The van der Waals surface area contributed by atoms with Gasteiger partial charge in [-0.05, 0) is 100 Å². The Morgan fingerprint density at radius 1 is 1.17 bits per heavy atom. The summed E-state index contributed by atoms with van der Waals surface area (Å²) in [6.45, 7) is 0.249. The van der Waals surface area contributed by atoms with Gasteiger partial charge in [0.2, 0.25) is 0 Å². The van der Waals surface area contributed by atoms with Gasteiger partial charge in [0.05, 0.1) is 26.8 Å². The number of aliphatic imine (C=N–C) groups is 1. The summed E-state index contributed by atoms with van der Waals surface area (Å²) < 4.78 is 25.4. The van der Waals surface area contributed by atoms with Crippen molar-refractivity contribution < 1.29 is 28.6 Å². The van der Waals surface area contributed by atoms with Crippen LogP contribution in [0.15, 0.2) is 70.6 Å². The van der Waals surface area contributed by atoms with Crippen molar-refractivity contribution in [1.29, 1.82) is 0 Å². The second kappa shape index (κ2) is 11.1. The lowest BCUT2D eigenvalue weighted by atomic mass is 10.1. The Morgan fingerprint density at radius 3 is 2.50 bits per heavy atom. The zero-order chi connectivity index (χ0) is 25.8. The molecule has 0 aliphatic carbocycles. The van der Waals surface area contributed by atoms with E-state index in [9.17, 15) is 14.0 Å². The Morgan fingerprint density at radius 2 is 1.86 bits per heavy atom. The van der Waals surface area contributed by atoms with Gasteiger partial charge in [-0.3, -0.25) is 9.69 Å². The minimum atomic E-state index is -1.01. The maximum atomic E-state index is 13.1. The molecule has 4 rings (SSSR count). The number of carboxylic acid groups (broad SMARTS) is 1. The summed E-state index contributed by atoms with van der Waals surface area (Å²) in [6, 6.07) is 15.9. The molecule has 1 N–H and O–H groups in total. The summed E-state index contributed by atoms with van der Waals surface area (Å²) in [5, 5.41) is 9.53. The number of methoxy groups -OCH3 is 1. The van der Waals surface area contributed by atoms with Gasteiger partial charge in [0.25, 0.3) is 5.91 Å². The van der Waals surface area contributed by atoms with Crippen LogP contribution >= 0.6 is 34.4 Å². The number of thioether (sulfide) groups is 1. The van der Waals surface area contributed by atoms with Crippen molar-refractivity contribution in [2.24, 2.45) is 4.99 Å². The summed E-state index contributed by atoms with van der Waals surface area (Å²) in [6.07, 6.45) is 1.76. The molecule has 0 unspecified atom stereocenters. The van der Waals surface area contributed by atoms with Crippen LogP contribution in [0.3, 0.4) is 0 Å². The number of amides is 1. The summed E-state index contributed by atoms with van der Waals surface area (Å²) >= 11 is 3.37. The van der Waals surface area contributed by atoms with E-state index in [0.29, 0.717) is 27.3 Å². The number of likely N-dealkylation sites (N-methyl/N-ethyl adjacent to an activating group) is 1. The molecule has 1 amide bonds. The number of carboxylic acids is 1. The number of benzene rings is 3. The molecule has 1 fully saturated rings. The van der Waals surface area contributed by atoms with Gasteiger partial charge in [-0.15, -0.1) is 0 Å². The fraction of sp³-hybridized carbons (Fsp3) is 0.115. The summed E-state index contributed by atoms with van der Waals surface area (Å²) in [7, 11) is 3.17. The number of ether oxygens (including phenoxy) is 2. The van der Waals surface area contributed by atoms with Crippen LogP contribution in [0.25, 0.3) is 6.08 Å². The van der Waals surface area contributed by atoms with E-state index in [1.165, 1.54) is 48.0 Å². The lowest BCUT2D eigenvalue weighted by Gasteiger charge is -2.14. The van der Waals surface area contributed by atoms with Gasteiger partial charge in [0, 0.05) is 7.05 Å². The Kier molecular flexibility index (Phi) is 7.94. The van der Waals surface area contributed by atoms with E-state index in [-0.39, 0.29) is 23.9 Å². The predicted molar refractivity (Wildman–Crippen MR) is 145 cm³/mol. The van der Waals surface area contributed by atoms with Gasteiger partial charge in [0.15, 0.2) is 16.7 Å². The molecule has 0 bridgehead atoms. The molecule has 0 atom stereocenters. The lowest BCUT2D eigenvalue weighted by Crippen LogP contribution is -2.23. The number of carbonyl (C=O) groups is 2. The standard InChI is InChI=1S/C26H20FIN2O5S/c1-30-24(31)22(36-26(30)29-19-9-5-17(6-10-19)25(32)33)13-16-11-20(28)23(21(12-16)34-2)35-14-15-3-7-18(27)8-4-15/h3-13H,14H2,1-2H3,(H,32,33)/b22-13-,29-26?. The number of nitrogens with zero attached hydrogens (tertiary/aromatic N) is 2. The third kappa shape index (κ3) is 5.88. The first kappa shape index (κ1) is 25.7. The van der Waals surface area contributed by atoms with E-state index in [1.54, 1.807) is 43.5 Å². The normalized spacial score (nSPS) is 15.6. The lowest BCUT2D eigenvalue weighted by molar-refractivity contribution is -0.121. The van der Waals surface area contributed by atoms with Crippen LogP contribution in [0, 0.1) is 9.39 Å². The first-order chi connectivity index (χ1) is 17.2. The zero-order valence-corrected chi connectivity index (χ0v) is 22.2. The fourth-order valence-electron chi connectivity index (χ4n) is 3.29. The van der Waals surface area contributed by atoms with Crippen molar-refractivity contribution in [2.75, 3.05) is 14.2 Å². The van der Waals surface area contributed by atoms with E-state index < -0.39 is 5.97 Å². The monoisotopic (exact) mass is 618 g/mol. The zero-order valence-electron chi connectivity index (χ0n) is 19.2. The average molecular weight is 618 g/mol. The van der Waals surface area contributed by atoms with Crippen molar-refractivity contribution in [3.8, 4) is 11.5 Å². The largest absolute Gasteiger partial charge is 0.493 e. The highest BCUT2D eigenvalue weighted by Gasteiger charge is 2.30. The molecule has 1 aliphatic rings. The molecule has 1 saturated heterocycles. The van der Waals surface area contributed by atoms with E-state index in [1.807, 2.05) is 6.07 Å². The van der Waals surface area contributed by atoms with Crippen LogP contribution in [0.5, 0.6) is 11.5 Å². The molecule has 10 heteroatoms. The van der Waals surface area contributed by atoms with Crippen molar-refractivity contribution in [3.63, 3.8) is 0 Å². The van der Waals surface area contributed by atoms with Gasteiger partial charge in [-0.25, -0.2) is 14.2 Å². The van der Waals surface area contributed by atoms with Crippen LogP contribution < -0.4 is 9.47 Å². The van der Waals surface area contributed by atoms with Crippen LogP contribution in [-0.2, 0) is 11.4 Å². The molecule has 184 valence electrons. The summed E-state index contributed by atoms with van der Waals surface area (Å²) in [5.74, 6) is -0.464. The third-order valence-corrected chi connectivity index (χ3v) is 7.05. The Bertz CT molecular complexity index is 1370. The number of rotatable bonds is 7. The number of carbonyl (C=O) groups excluding carboxylic acids is 1. The van der Waals surface area contributed by atoms with Crippen molar-refractivity contribution in [3.05, 3.63) is 91.6 Å². The second-order valence-corrected chi connectivity index (χ2v) is 9.84. The number of aromatic carboxylic acids is 1. The Labute approximate surface area is 224 Å². The van der Waals surface area contributed by atoms with Crippen LogP contribution in [-0.4, -0.2) is 41.2 Å². The smallest absolute Gasteiger partial charge is 0.335 e. The highest BCUT2D eigenvalue weighted by atomic mass is 127. The Hall–Kier alpha value is -3.38. The maximum absolute atomic E-state index is 13.1. The topological polar surface area (TPSA) is 88.4 Å². The fourth-order valence-corrected chi connectivity index (χ4v) is 5.06. The minimum Gasteiger partial charge on any atom is -0.493 e. The number of hydrogen-bond acceptors (Lipinski definition) is 6. The van der Waals surface area contributed by atoms with Gasteiger partial charge in [0.1, 0.15) is 12.4 Å². The average Bonchev–Trinajstić information content (AvgIpc) is 3.12. The van der Waals surface area contributed by atoms with Gasteiger partial charge >= 0.3 is 5.97 Å². The molecular formula is C26H20FIN2O5S. The quantitative estimate of drug-likeness (QED) is 0.260. The summed E-state index contributed by atoms with van der Waals surface area (Å²) in [4.78, 5) is 30.3. The molecule has 3 aromatic rings. The van der Waals surface area contributed by atoms with Crippen molar-refractivity contribution in [1.82, 2.24) is 4.90 Å². The van der Waals surface area contributed by atoms with E-state index in [0.717, 1.165) is 14.7 Å². The van der Waals surface area contributed by atoms with Crippen molar-refractivity contribution in [2.45, 2.75) is 6.61 Å². The van der Waals surface area contributed by atoms with E-state index in [2.05, 4.69) is 27.6 Å². The van der Waals surface area contributed by atoms with Crippen LogP contribution in [0.2, 0.25) is 0 Å². The SMILES string of the molecule is COc1cc(/C=C2\SC(=Nc3ccc(C(=O)O)cc3)N(C)C2=O)cc(I)c1OCc1ccc(F)cc1. The van der Waals surface area contributed by atoms with Crippen LogP contribution in [0.4, 0.5) is 10.1 Å². The van der Waals surface area contributed by atoms with Gasteiger partial charge in [-0.1, -0.05) is 12.1 Å². The highest BCUT2D eigenvalue weighted by molar-refractivity contribution is 14.1. The molecule has 0 radical (unpaired) electrons.